The van der Waals surface area contributed by atoms with Gasteiger partial charge in [-0.15, -0.1) is 0 Å². The molecule has 1 aliphatic rings. The van der Waals surface area contributed by atoms with Crippen molar-refractivity contribution in [3.05, 3.63) is 22.0 Å². The summed E-state index contributed by atoms with van der Waals surface area (Å²) >= 11 is 6.31. The van der Waals surface area contributed by atoms with Gasteiger partial charge >= 0.3 is 0 Å². The topological polar surface area (TPSA) is 29.9 Å². The van der Waals surface area contributed by atoms with E-state index in [1.807, 2.05) is 11.6 Å². The van der Waals surface area contributed by atoms with E-state index in [-0.39, 0.29) is 0 Å². The number of nitrogens with one attached hydrogen (secondary N) is 1. The molecule has 3 nitrogen and oxygen atoms in total. The Balaban J connectivity index is 2.29. The number of hydrogen-bond donors (Lipinski definition) is 1. The fourth-order valence-corrected chi connectivity index (χ4v) is 2.42. The Kier molecular flexibility index (Phi) is 4.24. The van der Waals surface area contributed by atoms with Crippen LogP contribution >= 0.6 is 11.6 Å². The van der Waals surface area contributed by atoms with Gasteiger partial charge in [0.05, 0.1) is 16.4 Å². The Labute approximate surface area is 108 Å². The van der Waals surface area contributed by atoms with Crippen LogP contribution in [0.3, 0.4) is 0 Å². The highest BCUT2D eigenvalue weighted by Gasteiger charge is 2.12. The maximum atomic E-state index is 6.31. The van der Waals surface area contributed by atoms with Crippen molar-refractivity contribution in [2.45, 2.75) is 39.7 Å². The Bertz CT molecular complexity index is 411. The van der Waals surface area contributed by atoms with Crippen LogP contribution in [0.25, 0.3) is 6.08 Å². The fraction of sp³-hybridized carbons (Fsp3) is 0.615. The average molecular weight is 254 g/mol. The SMILES string of the molecule is CCn1nc(C)c(Cl)c1/C=C1/CCCNCC1. The second-order valence-electron chi connectivity index (χ2n) is 4.51. The summed E-state index contributed by atoms with van der Waals surface area (Å²) in [5, 5.41) is 8.66. The standard InChI is InChI=1S/C13H20ClN3/c1-3-17-12(13(14)10(2)16-17)9-11-5-4-7-15-8-6-11/h9,15H,3-8H2,1-2H3/b11-9-. The van der Waals surface area contributed by atoms with Crippen LogP contribution in [0.2, 0.25) is 5.02 Å². The summed E-state index contributed by atoms with van der Waals surface area (Å²) in [6.45, 7) is 7.12. The fourth-order valence-electron chi connectivity index (χ4n) is 2.23. The molecular weight excluding hydrogens is 234 g/mol. The van der Waals surface area contributed by atoms with Crippen LogP contribution in [0, 0.1) is 6.92 Å². The molecule has 4 heteroatoms. The number of aryl methyl sites for hydroxylation is 2. The molecule has 17 heavy (non-hydrogen) atoms. The van der Waals surface area contributed by atoms with Crippen molar-refractivity contribution in [3.63, 3.8) is 0 Å². The van der Waals surface area contributed by atoms with E-state index in [1.54, 1.807) is 0 Å². The molecule has 1 aromatic heterocycles. The van der Waals surface area contributed by atoms with Gasteiger partial charge in [-0.25, -0.2) is 0 Å². The Morgan fingerprint density at radius 2 is 2.24 bits per heavy atom. The molecule has 0 saturated carbocycles. The predicted octanol–water partition coefficient (Wildman–Crippen LogP) is 3.02. The molecule has 0 unspecified atom stereocenters. The maximum Gasteiger partial charge on any atom is 0.0888 e. The third-order valence-electron chi connectivity index (χ3n) is 3.21. The van der Waals surface area contributed by atoms with Crippen molar-refractivity contribution in [1.82, 2.24) is 15.1 Å². The largest absolute Gasteiger partial charge is 0.316 e. The van der Waals surface area contributed by atoms with Gasteiger partial charge in [-0.2, -0.15) is 5.10 Å². The third-order valence-corrected chi connectivity index (χ3v) is 3.67. The summed E-state index contributed by atoms with van der Waals surface area (Å²) in [5.74, 6) is 0. The lowest BCUT2D eigenvalue weighted by atomic mass is 10.1. The molecular formula is C13H20ClN3. The van der Waals surface area contributed by atoms with E-state index in [0.717, 1.165) is 48.9 Å². The molecule has 0 amide bonds. The van der Waals surface area contributed by atoms with E-state index in [9.17, 15) is 0 Å². The van der Waals surface area contributed by atoms with Gasteiger partial charge in [-0.05, 0) is 52.3 Å². The zero-order valence-electron chi connectivity index (χ0n) is 10.6. The van der Waals surface area contributed by atoms with Gasteiger partial charge in [-0.3, -0.25) is 4.68 Å². The highest BCUT2D eigenvalue weighted by atomic mass is 35.5. The average Bonchev–Trinajstić information content (AvgIpc) is 2.54. The minimum absolute atomic E-state index is 0.802. The van der Waals surface area contributed by atoms with Crippen molar-refractivity contribution in [2.24, 2.45) is 0 Å². The third kappa shape index (κ3) is 2.90. The van der Waals surface area contributed by atoms with Crippen molar-refractivity contribution in [3.8, 4) is 0 Å². The first-order valence-electron chi connectivity index (χ1n) is 6.35. The quantitative estimate of drug-likeness (QED) is 0.878. The summed E-state index contributed by atoms with van der Waals surface area (Å²) in [6, 6.07) is 0. The van der Waals surface area contributed by atoms with Crippen LogP contribution in [0.5, 0.6) is 0 Å². The van der Waals surface area contributed by atoms with Crippen molar-refractivity contribution < 1.29 is 0 Å². The Morgan fingerprint density at radius 3 is 3.00 bits per heavy atom. The lowest BCUT2D eigenvalue weighted by Gasteiger charge is -2.05. The molecule has 2 rings (SSSR count). The highest BCUT2D eigenvalue weighted by Crippen LogP contribution is 2.25. The molecule has 1 saturated heterocycles. The normalized spacial score (nSPS) is 19.6. The van der Waals surface area contributed by atoms with Crippen LogP contribution in [0.15, 0.2) is 5.57 Å². The predicted molar refractivity (Wildman–Crippen MR) is 72.3 cm³/mol. The van der Waals surface area contributed by atoms with Gasteiger partial charge in [0.2, 0.25) is 0 Å². The number of aromatic nitrogens is 2. The summed E-state index contributed by atoms with van der Waals surface area (Å²) in [5.41, 5.74) is 3.47. The Morgan fingerprint density at radius 1 is 1.41 bits per heavy atom. The smallest absolute Gasteiger partial charge is 0.0888 e. The number of hydrogen-bond acceptors (Lipinski definition) is 2. The number of nitrogens with zero attached hydrogens (tertiary/aromatic N) is 2. The van der Waals surface area contributed by atoms with Gasteiger partial charge in [0.25, 0.3) is 0 Å². The molecule has 94 valence electrons. The zero-order valence-corrected chi connectivity index (χ0v) is 11.3. The molecule has 1 aromatic rings. The second kappa shape index (κ2) is 5.69. The molecule has 0 bridgehead atoms. The molecule has 1 aliphatic heterocycles. The van der Waals surface area contributed by atoms with Crippen LogP contribution in [-0.4, -0.2) is 22.9 Å². The molecule has 2 heterocycles. The molecule has 1 fully saturated rings. The number of rotatable bonds is 2. The van der Waals surface area contributed by atoms with Crippen LogP contribution in [0.1, 0.15) is 37.6 Å². The van der Waals surface area contributed by atoms with Crippen molar-refractivity contribution in [1.29, 1.82) is 0 Å². The molecule has 1 N–H and O–H groups in total. The first kappa shape index (κ1) is 12.7. The first-order chi connectivity index (χ1) is 8.22. The second-order valence-corrected chi connectivity index (χ2v) is 4.88. The van der Waals surface area contributed by atoms with Gasteiger partial charge in [0.1, 0.15) is 0 Å². The monoisotopic (exact) mass is 253 g/mol. The molecule has 0 aliphatic carbocycles. The van der Waals surface area contributed by atoms with Crippen LogP contribution < -0.4 is 5.32 Å². The number of halogens is 1. The minimum Gasteiger partial charge on any atom is -0.316 e. The highest BCUT2D eigenvalue weighted by molar-refractivity contribution is 6.32. The summed E-state index contributed by atoms with van der Waals surface area (Å²) in [4.78, 5) is 0. The van der Waals surface area contributed by atoms with Gasteiger partial charge in [0, 0.05) is 6.54 Å². The first-order valence-corrected chi connectivity index (χ1v) is 6.73. The minimum atomic E-state index is 0.802. The summed E-state index contributed by atoms with van der Waals surface area (Å²) in [7, 11) is 0. The van der Waals surface area contributed by atoms with E-state index in [1.165, 1.54) is 12.0 Å². The van der Waals surface area contributed by atoms with E-state index in [2.05, 4.69) is 23.4 Å². The molecule has 0 aromatic carbocycles. The van der Waals surface area contributed by atoms with Crippen molar-refractivity contribution in [2.75, 3.05) is 13.1 Å². The lowest BCUT2D eigenvalue weighted by molar-refractivity contribution is 0.647. The Hall–Kier alpha value is -0.800. The van der Waals surface area contributed by atoms with E-state index in [4.69, 9.17) is 11.6 Å². The molecule has 0 atom stereocenters. The van der Waals surface area contributed by atoms with E-state index >= 15 is 0 Å². The van der Waals surface area contributed by atoms with E-state index in [0.29, 0.717) is 0 Å². The summed E-state index contributed by atoms with van der Waals surface area (Å²) in [6.07, 6.45) is 5.73. The molecule has 0 spiro atoms. The maximum absolute atomic E-state index is 6.31. The lowest BCUT2D eigenvalue weighted by Crippen LogP contribution is -2.13. The van der Waals surface area contributed by atoms with Crippen LogP contribution in [0.4, 0.5) is 0 Å². The van der Waals surface area contributed by atoms with Crippen LogP contribution in [-0.2, 0) is 6.54 Å². The van der Waals surface area contributed by atoms with Crippen molar-refractivity contribution >= 4 is 17.7 Å². The van der Waals surface area contributed by atoms with Gasteiger partial charge in [-0.1, -0.05) is 17.2 Å². The summed E-state index contributed by atoms with van der Waals surface area (Å²) < 4.78 is 1.99. The van der Waals surface area contributed by atoms with E-state index < -0.39 is 0 Å². The molecule has 0 radical (unpaired) electrons. The zero-order chi connectivity index (χ0) is 12.3. The van der Waals surface area contributed by atoms with Gasteiger partial charge < -0.3 is 5.32 Å². The van der Waals surface area contributed by atoms with Gasteiger partial charge in [0.15, 0.2) is 0 Å².